The fraction of sp³-hybridized carbons (Fsp3) is 1.00. The number of sulfonamides is 1. The second-order valence-electron chi connectivity index (χ2n) is 5.06. The standard InChI is InChI=1S/C12H26N2O2S/c1-2-3-8-17(15,16)14-10-12-7-5-4-6-11(12)9-13/h11-12,14H,2-10,13H2,1H3. The lowest BCUT2D eigenvalue weighted by Gasteiger charge is -2.30. The molecule has 1 saturated carbocycles. The van der Waals surface area contributed by atoms with Crippen molar-refractivity contribution >= 4 is 10.0 Å². The van der Waals surface area contributed by atoms with Crippen LogP contribution in [0.3, 0.4) is 0 Å². The quantitative estimate of drug-likeness (QED) is 0.730. The van der Waals surface area contributed by atoms with Gasteiger partial charge in [-0.1, -0.05) is 26.2 Å². The monoisotopic (exact) mass is 262 g/mol. The highest BCUT2D eigenvalue weighted by atomic mass is 32.2. The lowest BCUT2D eigenvalue weighted by atomic mass is 9.79. The van der Waals surface area contributed by atoms with Gasteiger partial charge >= 0.3 is 0 Å². The average molecular weight is 262 g/mol. The van der Waals surface area contributed by atoms with E-state index in [-0.39, 0.29) is 5.75 Å². The van der Waals surface area contributed by atoms with Crippen LogP contribution in [0.1, 0.15) is 45.4 Å². The molecule has 2 unspecified atom stereocenters. The Bertz CT molecular complexity index is 304. The highest BCUT2D eigenvalue weighted by Gasteiger charge is 2.25. The SMILES string of the molecule is CCCCS(=O)(=O)NCC1CCCCC1CN. The van der Waals surface area contributed by atoms with Gasteiger partial charge in [0.15, 0.2) is 0 Å². The van der Waals surface area contributed by atoms with Crippen LogP contribution in [0.15, 0.2) is 0 Å². The molecular formula is C12H26N2O2S. The molecule has 1 rings (SSSR count). The molecule has 2 atom stereocenters. The maximum Gasteiger partial charge on any atom is 0.211 e. The van der Waals surface area contributed by atoms with Gasteiger partial charge in [0.25, 0.3) is 0 Å². The van der Waals surface area contributed by atoms with Crippen LogP contribution in [0.5, 0.6) is 0 Å². The molecule has 5 heteroatoms. The number of hydrogen-bond acceptors (Lipinski definition) is 3. The molecule has 17 heavy (non-hydrogen) atoms. The van der Waals surface area contributed by atoms with Crippen molar-refractivity contribution in [1.82, 2.24) is 4.72 Å². The van der Waals surface area contributed by atoms with E-state index in [1.54, 1.807) is 0 Å². The van der Waals surface area contributed by atoms with Crippen LogP contribution in [0, 0.1) is 11.8 Å². The topological polar surface area (TPSA) is 72.2 Å². The minimum absolute atomic E-state index is 0.253. The fourth-order valence-electron chi connectivity index (χ4n) is 2.50. The summed E-state index contributed by atoms with van der Waals surface area (Å²) in [6.45, 7) is 3.26. The van der Waals surface area contributed by atoms with Crippen molar-refractivity contribution in [3.63, 3.8) is 0 Å². The first-order chi connectivity index (χ1) is 8.09. The Morgan fingerprint density at radius 3 is 2.47 bits per heavy atom. The van der Waals surface area contributed by atoms with Crippen molar-refractivity contribution in [3.05, 3.63) is 0 Å². The van der Waals surface area contributed by atoms with E-state index in [2.05, 4.69) is 4.72 Å². The van der Waals surface area contributed by atoms with E-state index in [0.29, 0.717) is 24.9 Å². The van der Waals surface area contributed by atoms with Gasteiger partial charge in [-0.3, -0.25) is 0 Å². The van der Waals surface area contributed by atoms with Gasteiger partial charge in [0.2, 0.25) is 10.0 Å². The van der Waals surface area contributed by atoms with E-state index in [9.17, 15) is 8.42 Å². The predicted octanol–water partition coefficient (Wildman–Crippen LogP) is 1.47. The largest absolute Gasteiger partial charge is 0.330 e. The summed E-state index contributed by atoms with van der Waals surface area (Å²) in [4.78, 5) is 0. The summed E-state index contributed by atoms with van der Waals surface area (Å²) in [6, 6.07) is 0. The summed E-state index contributed by atoms with van der Waals surface area (Å²) in [7, 11) is -3.07. The normalized spacial score (nSPS) is 26.0. The Morgan fingerprint density at radius 1 is 1.24 bits per heavy atom. The summed E-state index contributed by atoms with van der Waals surface area (Å²) < 4.78 is 26.1. The van der Waals surface area contributed by atoms with Crippen LogP contribution in [0.25, 0.3) is 0 Å². The molecule has 1 aliphatic carbocycles. The van der Waals surface area contributed by atoms with E-state index in [0.717, 1.165) is 25.7 Å². The molecule has 3 N–H and O–H groups in total. The van der Waals surface area contributed by atoms with Crippen LogP contribution in [-0.4, -0.2) is 27.3 Å². The maximum atomic E-state index is 11.7. The van der Waals surface area contributed by atoms with Crippen molar-refractivity contribution in [1.29, 1.82) is 0 Å². The Labute approximate surface area is 105 Å². The molecule has 0 aromatic rings. The molecule has 102 valence electrons. The van der Waals surface area contributed by atoms with Crippen LogP contribution in [0.4, 0.5) is 0 Å². The summed E-state index contributed by atoms with van der Waals surface area (Å²) in [5.41, 5.74) is 5.74. The summed E-state index contributed by atoms with van der Waals surface area (Å²) in [5, 5.41) is 0. The second-order valence-corrected chi connectivity index (χ2v) is 6.99. The van der Waals surface area contributed by atoms with Gasteiger partial charge in [-0.25, -0.2) is 13.1 Å². The molecule has 0 radical (unpaired) electrons. The Morgan fingerprint density at radius 2 is 1.88 bits per heavy atom. The molecule has 4 nitrogen and oxygen atoms in total. The lowest BCUT2D eigenvalue weighted by Crippen LogP contribution is -2.37. The number of nitrogens with one attached hydrogen (secondary N) is 1. The smallest absolute Gasteiger partial charge is 0.211 e. The fourth-order valence-corrected chi connectivity index (χ4v) is 3.79. The van der Waals surface area contributed by atoms with Gasteiger partial charge in [0, 0.05) is 6.54 Å². The number of hydrogen-bond donors (Lipinski definition) is 2. The zero-order valence-corrected chi connectivity index (χ0v) is 11.6. The van der Waals surface area contributed by atoms with Crippen LogP contribution < -0.4 is 10.5 Å². The van der Waals surface area contributed by atoms with Gasteiger partial charge in [-0.15, -0.1) is 0 Å². The van der Waals surface area contributed by atoms with Crippen molar-refractivity contribution < 1.29 is 8.42 Å². The van der Waals surface area contributed by atoms with Gasteiger partial charge in [-0.05, 0) is 37.6 Å². The molecule has 1 fully saturated rings. The molecule has 0 aliphatic heterocycles. The van der Waals surface area contributed by atoms with E-state index < -0.39 is 10.0 Å². The Hall–Kier alpha value is -0.130. The minimum atomic E-state index is -3.07. The molecule has 1 aliphatic rings. The van der Waals surface area contributed by atoms with E-state index in [4.69, 9.17) is 5.73 Å². The summed E-state index contributed by atoms with van der Waals surface area (Å²) in [5.74, 6) is 1.19. The lowest BCUT2D eigenvalue weighted by molar-refractivity contribution is 0.244. The summed E-state index contributed by atoms with van der Waals surface area (Å²) >= 11 is 0. The molecule has 0 amide bonds. The zero-order chi connectivity index (χ0) is 12.7. The molecule has 0 aromatic heterocycles. The highest BCUT2D eigenvalue weighted by molar-refractivity contribution is 7.89. The molecule has 0 aromatic carbocycles. The number of rotatable bonds is 7. The van der Waals surface area contributed by atoms with Gasteiger partial charge in [-0.2, -0.15) is 0 Å². The van der Waals surface area contributed by atoms with E-state index in [1.807, 2.05) is 6.92 Å². The maximum absolute atomic E-state index is 11.7. The van der Waals surface area contributed by atoms with Crippen molar-refractivity contribution in [3.8, 4) is 0 Å². The third-order valence-corrected chi connectivity index (χ3v) is 5.13. The molecule has 0 heterocycles. The number of unbranched alkanes of at least 4 members (excludes halogenated alkanes) is 1. The third-order valence-electron chi connectivity index (χ3n) is 3.70. The number of nitrogens with two attached hydrogens (primary N) is 1. The Balaban J connectivity index is 2.37. The molecule has 0 bridgehead atoms. The molecule has 0 saturated heterocycles. The van der Waals surface area contributed by atoms with Crippen LogP contribution in [-0.2, 0) is 10.0 Å². The van der Waals surface area contributed by atoms with Crippen LogP contribution in [0.2, 0.25) is 0 Å². The first-order valence-corrected chi connectivity index (χ1v) is 8.41. The zero-order valence-electron chi connectivity index (χ0n) is 10.8. The molecule has 0 spiro atoms. The minimum Gasteiger partial charge on any atom is -0.330 e. The first-order valence-electron chi connectivity index (χ1n) is 6.76. The average Bonchev–Trinajstić information content (AvgIpc) is 2.34. The van der Waals surface area contributed by atoms with E-state index in [1.165, 1.54) is 12.8 Å². The van der Waals surface area contributed by atoms with Crippen molar-refractivity contribution in [2.24, 2.45) is 17.6 Å². The van der Waals surface area contributed by atoms with Gasteiger partial charge < -0.3 is 5.73 Å². The second kappa shape index (κ2) is 7.34. The first kappa shape index (κ1) is 14.9. The highest BCUT2D eigenvalue weighted by Crippen LogP contribution is 2.28. The van der Waals surface area contributed by atoms with Gasteiger partial charge in [0.1, 0.15) is 0 Å². The van der Waals surface area contributed by atoms with Gasteiger partial charge in [0.05, 0.1) is 5.75 Å². The van der Waals surface area contributed by atoms with Crippen molar-refractivity contribution in [2.45, 2.75) is 45.4 Å². The molecular weight excluding hydrogens is 236 g/mol. The van der Waals surface area contributed by atoms with Crippen LogP contribution >= 0.6 is 0 Å². The Kier molecular flexibility index (Phi) is 6.44. The predicted molar refractivity (Wildman–Crippen MR) is 71.2 cm³/mol. The third kappa shape index (κ3) is 5.36. The van der Waals surface area contributed by atoms with Crippen molar-refractivity contribution in [2.75, 3.05) is 18.8 Å². The summed E-state index contributed by atoms with van der Waals surface area (Å²) in [6.07, 6.45) is 6.35. The van der Waals surface area contributed by atoms with E-state index >= 15 is 0 Å².